The van der Waals surface area contributed by atoms with Crippen LogP contribution < -0.4 is 4.90 Å². The number of Topliss-reactive ketones (excluding diaryl/α,β-unsaturated/α-hetero) is 1. The van der Waals surface area contributed by atoms with Crippen LogP contribution in [0.25, 0.3) is 0 Å². The third-order valence-corrected chi connectivity index (χ3v) is 7.70. The molecule has 3 rings (SSSR count). The Kier molecular flexibility index (Phi) is 10.5. The van der Waals surface area contributed by atoms with Crippen molar-refractivity contribution in [1.82, 2.24) is 0 Å². The van der Waals surface area contributed by atoms with Crippen LogP contribution in [0.5, 0.6) is 0 Å². The summed E-state index contributed by atoms with van der Waals surface area (Å²) in [5.74, 6) is -0.259. The first kappa shape index (κ1) is 29.8. The summed E-state index contributed by atoms with van der Waals surface area (Å²) >= 11 is 0. The van der Waals surface area contributed by atoms with Crippen molar-refractivity contribution in [1.29, 1.82) is 0 Å². The van der Waals surface area contributed by atoms with Crippen LogP contribution in [0.15, 0.2) is 41.0 Å². The van der Waals surface area contributed by atoms with E-state index in [4.69, 9.17) is 14.2 Å². The van der Waals surface area contributed by atoms with Gasteiger partial charge in [-0.25, -0.2) is 9.38 Å². The largest absolute Gasteiger partial charge is 0.502 e. The molecule has 2 fully saturated rings. The number of allylic oxidation sites excluding steroid dienone is 1. The lowest BCUT2D eigenvalue weighted by Crippen LogP contribution is -2.50. The van der Waals surface area contributed by atoms with Gasteiger partial charge < -0.3 is 19.1 Å². The van der Waals surface area contributed by atoms with Gasteiger partial charge in [-0.3, -0.25) is 9.28 Å². The number of morpholine rings is 1. The van der Waals surface area contributed by atoms with Crippen molar-refractivity contribution in [3.05, 3.63) is 52.7 Å². The number of hydrogen-bond donors (Lipinski definition) is 0. The highest BCUT2D eigenvalue weighted by Crippen LogP contribution is 2.39. The Hall–Kier alpha value is -2.71. The number of aliphatic imine (C=N–C) groups is 1. The van der Waals surface area contributed by atoms with E-state index in [0.717, 1.165) is 25.2 Å². The number of ketones is 1. The van der Waals surface area contributed by atoms with Gasteiger partial charge >= 0.3 is 0 Å². The van der Waals surface area contributed by atoms with Crippen LogP contribution in [0.4, 0.5) is 10.1 Å². The standard InChI is InChI=1S/C30H45FN3O4/c1-8-23-17-25(18-26(21(23)4)33-12-15-37-16-13-33)27(35)20-34(7)19-24(11-14-36-9-2)28(30(34)32-6)29(31)22(5)38-10-3/h11,14,17-18,24,28H,8-10,12-13,15-16,19-20H2,1-7H3/q+1. The Balaban J connectivity index is 1.97. The SMILES string of the molecule is CCOC=CC1C[N+](C)(CC(=O)c2cc(CC)c(C)c(N3CCOCC3)c2)C(=NC)C1C(F)=C(C)OCC. The summed E-state index contributed by atoms with van der Waals surface area (Å²) in [5.41, 5.74) is 4.17. The molecule has 38 heavy (non-hydrogen) atoms. The molecule has 2 aliphatic heterocycles. The Bertz CT molecular complexity index is 1080. The van der Waals surface area contributed by atoms with E-state index in [0.29, 0.717) is 44.4 Å². The smallest absolute Gasteiger partial charge is 0.217 e. The number of aryl methyl sites for hydroxylation is 1. The van der Waals surface area contributed by atoms with Gasteiger partial charge in [0.25, 0.3) is 0 Å². The fraction of sp³-hybridized carbons (Fsp3) is 0.600. The summed E-state index contributed by atoms with van der Waals surface area (Å²) in [5, 5.41) is 0. The number of hydrogen-bond acceptors (Lipinski definition) is 6. The second-order valence-electron chi connectivity index (χ2n) is 10.2. The summed E-state index contributed by atoms with van der Waals surface area (Å²) in [4.78, 5) is 20.7. The number of carbonyl (C=O) groups excluding carboxylic acids is 1. The minimum absolute atomic E-state index is 0.0250. The van der Waals surface area contributed by atoms with Crippen molar-refractivity contribution < 1.29 is 27.9 Å². The third-order valence-electron chi connectivity index (χ3n) is 7.70. The number of anilines is 1. The minimum atomic E-state index is -0.616. The summed E-state index contributed by atoms with van der Waals surface area (Å²) in [7, 11) is 3.65. The lowest BCUT2D eigenvalue weighted by Gasteiger charge is -2.32. The topological polar surface area (TPSA) is 60.4 Å². The fourth-order valence-electron chi connectivity index (χ4n) is 5.77. The predicted octanol–water partition coefficient (Wildman–Crippen LogP) is 5.09. The molecule has 0 radical (unpaired) electrons. The van der Waals surface area contributed by atoms with Crippen LogP contribution in [-0.2, 0) is 20.6 Å². The van der Waals surface area contributed by atoms with E-state index in [9.17, 15) is 4.79 Å². The molecule has 7 nitrogen and oxygen atoms in total. The molecular weight excluding hydrogens is 485 g/mol. The van der Waals surface area contributed by atoms with Crippen molar-refractivity contribution in [3.63, 3.8) is 0 Å². The van der Waals surface area contributed by atoms with E-state index in [1.165, 1.54) is 11.1 Å². The maximum atomic E-state index is 15.8. The molecule has 0 amide bonds. The van der Waals surface area contributed by atoms with Gasteiger partial charge in [0.2, 0.25) is 11.6 Å². The average molecular weight is 531 g/mol. The van der Waals surface area contributed by atoms with Gasteiger partial charge in [-0.05, 0) is 63.5 Å². The first-order valence-corrected chi connectivity index (χ1v) is 13.8. The van der Waals surface area contributed by atoms with Crippen molar-refractivity contribution in [2.45, 2.75) is 41.0 Å². The van der Waals surface area contributed by atoms with E-state index < -0.39 is 5.92 Å². The summed E-state index contributed by atoms with van der Waals surface area (Å²) < 4.78 is 32.5. The molecular formula is C30H45FN3O4+. The number of ether oxygens (including phenoxy) is 3. The van der Waals surface area contributed by atoms with E-state index in [2.05, 4.69) is 23.7 Å². The lowest BCUT2D eigenvalue weighted by atomic mass is 9.93. The van der Waals surface area contributed by atoms with E-state index in [-0.39, 0.29) is 34.3 Å². The molecule has 2 heterocycles. The van der Waals surface area contributed by atoms with Gasteiger partial charge in [0.1, 0.15) is 18.2 Å². The molecule has 0 saturated carbocycles. The van der Waals surface area contributed by atoms with Gasteiger partial charge in [0.15, 0.2) is 5.83 Å². The molecule has 0 spiro atoms. The van der Waals surface area contributed by atoms with Crippen LogP contribution >= 0.6 is 0 Å². The Labute approximate surface area is 227 Å². The molecule has 3 atom stereocenters. The predicted molar refractivity (Wildman–Crippen MR) is 150 cm³/mol. The van der Waals surface area contributed by atoms with Gasteiger partial charge in [-0.1, -0.05) is 6.92 Å². The van der Waals surface area contributed by atoms with E-state index in [1.807, 2.05) is 39.1 Å². The molecule has 8 heteroatoms. The molecule has 0 aromatic heterocycles. The molecule has 2 saturated heterocycles. The monoisotopic (exact) mass is 530 g/mol. The number of rotatable bonds is 11. The normalized spacial score (nSPS) is 25.7. The van der Waals surface area contributed by atoms with Crippen LogP contribution in [-0.4, -0.2) is 82.8 Å². The zero-order valence-electron chi connectivity index (χ0n) is 24.2. The minimum Gasteiger partial charge on any atom is -0.502 e. The molecule has 1 aromatic carbocycles. The molecule has 210 valence electrons. The number of halogens is 1. The van der Waals surface area contributed by atoms with E-state index in [1.54, 1.807) is 20.2 Å². The molecule has 1 aromatic rings. The number of amidine groups is 1. The average Bonchev–Trinajstić information content (AvgIpc) is 3.19. The van der Waals surface area contributed by atoms with Crippen molar-refractivity contribution in [2.24, 2.45) is 16.8 Å². The highest BCUT2D eigenvalue weighted by molar-refractivity contribution is 5.99. The number of quaternary nitrogens is 1. The first-order chi connectivity index (χ1) is 18.2. The second-order valence-corrected chi connectivity index (χ2v) is 10.2. The molecule has 2 aliphatic rings. The summed E-state index contributed by atoms with van der Waals surface area (Å²) in [6.45, 7) is 14.3. The first-order valence-electron chi connectivity index (χ1n) is 13.8. The number of nitrogens with zero attached hydrogens (tertiary/aromatic N) is 3. The lowest BCUT2D eigenvalue weighted by molar-refractivity contribution is -0.806. The van der Waals surface area contributed by atoms with E-state index >= 15 is 4.39 Å². The van der Waals surface area contributed by atoms with Crippen LogP contribution in [0.1, 0.15) is 49.2 Å². The van der Waals surface area contributed by atoms with Gasteiger partial charge in [0.05, 0.1) is 52.2 Å². The fourth-order valence-corrected chi connectivity index (χ4v) is 5.77. The summed E-state index contributed by atoms with van der Waals surface area (Å²) in [6.07, 6.45) is 4.37. The molecule has 0 bridgehead atoms. The second kappa shape index (κ2) is 13.4. The zero-order valence-corrected chi connectivity index (χ0v) is 24.2. The molecule has 0 N–H and O–H groups in total. The number of likely N-dealkylation sites (tertiary alicyclic amines) is 1. The molecule has 3 unspecified atom stereocenters. The number of benzene rings is 1. The van der Waals surface area contributed by atoms with Crippen LogP contribution in [0.2, 0.25) is 0 Å². The van der Waals surface area contributed by atoms with Crippen molar-refractivity contribution in [3.8, 4) is 0 Å². The van der Waals surface area contributed by atoms with Crippen molar-refractivity contribution in [2.75, 3.05) is 71.6 Å². The van der Waals surface area contributed by atoms with Crippen LogP contribution in [0.3, 0.4) is 0 Å². The number of carbonyl (C=O) groups is 1. The maximum Gasteiger partial charge on any atom is 0.217 e. The quantitative estimate of drug-likeness (QED) is 0.227. The third kappa shape index (κ3) is 6.46. The Morgan fingerprint density at radius 1 is 1.24 bits per heavy atom. The maximum absolute atomic E-state index is 15.8. The highest BCUT2D eigenvalue weighted by Gasteiger charge is 2.52. The number of likely N-dealkylation sites (N-methyl/N-ethyl adjacent to an activating group) is 1. The highest BCUT2D eigenvalue weighted by atomic mass is 19.1. The van der Waals surface area contributed by atoms with Crippen LogP contribution in [0, 0.1) is 18.8 Å². The van der Waals surface area contributed by atoms with Gasteiger partial charge in [-0.2, -0.15) is 0 Å². The molecule has 0 aliphatic carbocycles. The van der Waals surface area contributed by atoms with Gasteiger partial charge in [0, 0.05) is 31.4 Å². The Morgan fingerprint density at radius 3 is 2.55 bits per heavy atom. The van der Waals surface area contributed by atoms with Gasteiger partial charge in [-0.15, -0.1) is 0 Å². The summed E-state index contributed by atoms with van der Waals surface area (Å²) in [6, 6.07) is 4.05. The van der Waals surface area contributed by atoms with Crippen molar-refractivity contribution >= 4 is 17.3 Å². The Morgan fingerprint density at radius 2 is 1.95 bits per heavy atom. The zero-order chi connectivity index (χ0) is 27.9.